The molecule has 17 heavy (non-hydrogen) atoms. The maximum atomic E-state index is 12.2. The molecule has 1 N–H and O–H groups in total. The summed E-state index contributed by atoms with van der Waals surface area (Å²) in [5, 5.41) is 3.36. The zero-order valence-electron chi connectivity index (χ0n) is 10.8. The predicted molar refractivity (Wildman–Crippen MR) is 65.6 cm³/mol. The molecule has 2 aliphatic heterocycles. The number of allylic oxidation sites excluding steroid dienone is 1. The van der Waals surface area contributed by atoms with Crippen LogP contribution in [0.25, 0.3) is 0 Å². The number of ether oxygens (including phenoxy) is 1. The van der Waals surface area contributed by atoms with Crippen molar-refractivity contribution < 1.29 is 9.53 Å². The van der Waals surface area contributed by atoms with Crippen LogP contribution in [0.3, 0.4) is 0 Å². The quantitative estimate of drug-likeness (QED) is 0.699. The summed E-state index contributed by atoms with van der Waals surface area (Å²) in [7, 11) is 0. The number of Topliss-reactive ketones (excluding diaryl/α,β-unsaturated/α-hetero) is 1. The van der Waals surface area contributed by atoms with Gasteiger partial charge in [-0.15, -0.1) is 0 Å². The fraction of sp³-hybridized carbons (Fsp3) is 0.786. The number of rotatable bonds is 0. The third kappa shape index (κ3) is 1.90. The monoisotopic (exact) mass is 235 g/mol. The van der Waals surface area contributed by atoms with Gasteiger partial charge in [-0.05, 0) is 31.3 Å². The second-order valence-corrected chi connectivity index (χ2v) is 6.55. The highest BCUT2D eigenvalue weighted by atomic mass is 16.5. The largest absolute Gasteiger partial charge is 0.491 e. The average Bonchev–Trinajstić information content (AvgIpc) is 2.56. The van der Waals surface area contributed by atoms with Crippen molar-refractivity contribution in [1.29, 1.82) is 0 Å². The van der Waals surface area contributed by atoms with Gasteiger partial charge in [0.05, 0.1) is 0 Å². The Bertz CT molecular complexity index is 389. The topological polar surface area (TPSA) is 38.3 Å². The Morgan fingerprint density at radius 1 is 1.12 bits per heavy atom. The van der Waals surface area contributed by atoms with Gasteiger partial charge in [-0.3, -0.25) is 4.79 Å². The standard InChI is InChI=1S/C14H21NO2/c1-13(2)8-11(16)10-7-14(17-12(10)9-13)3-5-15-6-4-14/h15H,3-9H2,1-2H3. The third-order valence-corrected chi connectivity index (χ3v) is 4.30. The Morgan fingerprint density at radius 2 is 1.82 bits per heavy atom. The smallest absolute Gasteiger partial charge is 0.162 e. The summed E-state index contributed by atoms with van der Waals surface area (Å²) in [6.07, 6.45) is 4.55. The maximum absolute atomic E-state index is 12.2. The van der Waals surface area contributed by atoms with Crippen LogP contribution < -0.4 is 5.32 Å². The minimum Gasteiger partial charge on any atom is -0.491 e. The first-order chi connectivity index (χ1) is 8.00. The summed E-state index contributed by atoms with van der Waals surface area (Å²) >= 11 is 0. The molecule has 3 aliphatic rings. The molecule has 0 aromatic heterocycles. The third-order valence-electron chi connectivity index (χ3n) is 4.30. The highest BCUT2D eigenvalue weighted by Gasteiger charge is 2.47. The van der Waals surface area contributed by atoms with Crippen LogP contribution in [0.15, 0.2) is 11.3 Å². The Hall–Kier alpha value is -0.830. The van der Waals surface area contributed by atoms with Crippen LogP contribution in [0.1, 0.15) is 46.0 Å². The molecular weight excluding hydrogens is 214 g/mol. The molecule has 0 aromatic rings. The fourth-order valence-corrected chi connectivity index (χ4v) is 3.38. The van der Waals surface area contributed by atoms with Crippen molar-refractivity contribution >= 4 is 5.78 Å². The normalized spacial score (nSPS) is 30.4. The lowest BCUT2D eigenvalue weighted by molar-refractivity contribution is -0.118. The van der Waals surface area contributed by atoms with E-state index in [9.17, 15) is 4.79 Å². The highest BCUT2D eigenvalue weighted by molar-refractivity contribution is 5.97. The summed E-state index contributed by atoms with van der Waals surface area (Å²) < 4.78 is 6.22. The number of carbonyl (C=O) groups is 1. The molecule has 3 rings (SSSR count). The number of piperidine rings is 1. The molecule has 0 radical (unpaired) electrons. The van der Waals surface area contributed by atoms with Crippen LogP contribution >= 0.6 is 0 Å². The number of carbonyl (C=O) groups excluding carboxylic acids is 1. The van der Waals surface area contributed by atoms with Gasteiger partial charge in [0.15, 0.2) is 5.78 Å². The van der Waals surface area contributed by atoms with Crippen LogP contribution in [0.4, 0.5) is 0 Å². The number of hydrogen-bond acceptors (Lipinski definition) is 3. The molecule has 3 heteroatoms. The van der Waals surface area contributed by atoms with E-state index in [0.717, 1.165) is 50.1 Å². The zero-order valence-corrected chi connectivity index (χ0v) is 10.8. The van der Waals surface area contributed by atoms with E-state index in [0.29, 0.717) is 12.2 Å². The van der Waals surface area contributed by atoms with Crippen LogP contribution in [-0.4, -0.2) is 24.5 Å². The van der Waals surface area contributed by atoms with E-state index >= 15 is 0 Å². The minimum atomic E-state index is -0.0496. The van der Waals surface area contributed by atoms with Gasteiger partial charge < -0.3 is 10.1 Å². The molecule has 1 aliphatic carbocycles. The lowest BCUT2D eigenvalue weighted by Gasteiger charge is -2.34. The van der Waals surface area contributed by atoms with Gasteiger partial charge in [0.25, 0.3) is 0 Å². The SMILES string of the molecule is CC1(C)CC(=O)C2=C(C1)OC1(CCNCC1)C2. The van der Waals surface area contributed by atoms with Gasteiger partial charge in [0, 0.05) is 24.8 Å². The molecule has 0 atom stereocenters. The molecule has 0 aromatic carbocycles. The van der Waals surface area contributed by atoms with Crippen molar-refractivity contribution in [2.24, 2.45) is 5.41 Å². The molecule has 1 fully saturated rings. The summed E-state index contributed by atoms with van der Waals surface area (Å²) in [6.45, 7) is 6.34. The lowest BCUT2D eigenvalue weighted by Crippen LogP contribution is -2.41. The van der Waals surface area contributed by atoms with Crippen molar-refractivity contribution in [2.75, 3.05) is 13.1 Å². The van der Waals surface area contributed by atoms with Crippen molar-refractivity contribution in [1.82, 2.24) is 5.32 Å². The van der Waals surface area contributed by atoms with Crippen LogP contribution in [-0.2, 0) is 9.53 Å². The summed E-state index contributed by atoms with van der Waals surface area (Å²) in [4.78, 5) is 12.2. The van der Waals surface area contributed by atoms with Crippen molar-refractivity contribution in [2.45, 2.75) is 51.6 Å². The second-order valence-electron chi connectivity index (χ2n) is 6.55. The van der Waals surface area contributed by atoms with E-state index in [1.807, 2.05) is 0 Å². The molecular formula is C14H21NO2. The molecule has 0 amide bonds. The van der Waals surface area contributed by atoms with E-state index in [1.165, 1.54) is 0 Å². The summed E-state index contributed by atoms with van der Waals surface area (Å²) in [5.74, 6) is 1.33. The average molecular weight is 235 g/mol. The molecule has 0 unspecified atom stereocenters. The molecule has 1 saturated heterocycles. The van der Waals surface area contributed by atoms with Crippen molar-refractivity contribution in [3.63, 3.8) is 0 Å². The number of ketones is 1. The van der Waals surface area contributed by atoms with Gasteiger partial charge in [-0.25, -0.2) is 0 Å². The predicted octanol–water partition coefficient (Wildman–Crippen LogP) is 2.17. The van der Waals surface area contributed by atoms with E-state index in [4.69, 9.17) is 4.74 Å². The van der Waals surface area contributed by atoms with E-state index in [2.05, 4.69) is 19.2 Å². The Balaban J connectivity index is 1.84. The summed E-state index contributed by atoms with van der Waals surface area (Å²) in [6, 6.07) is 0. The van der Waals surface area contributed by atoms with Crippen LogP contribution in [0.2, 0.25) is 0 Å². The van der Waals surface area contributed by atoms with E-state index in [-0.39, 0.29) is 11.0 Å². The lowest BCUT2D eigenvalue weighted by atomic mass is 9.75. The van der Waals surface area contributed by atoms with E-state index < -0.39 is 0 Å². The first-order valence-corrected chi connectivity index (χ1v) is 6.65. The van der Waals surface area contributed by atoms with Crippen LogP contribution in [0, 0.1) is 5.41 Å². The molecule has 0 bridgehead atoms. The first kappa shape index (κ1) is 11.3. The second kappa shape index (κ2) is 3.58. The number of nitrogens with one attached hydrogen (secondary N) is 1. The molecule has 1 spiro atoms. The Kier molecular flexibility index (Phi) is 2.37. The fourth-order valence-electron chi connectivity index (χ4n) is 3.38. The van der Waals surface area contributed by atoms with Crippen LogP contribution in [0.5, 0.6) is 0 Å². The van der Waals surface area contributed by atoms with Gasteiger partial charge >= 0.3 is 0 Å². The summed E-state index contributed by atoms with van der Waals surface area (Å²) in [5.41, 5.74) is 1.03. The first-order valence-electron chi connectivity index (χ1n) is 6.65. The van der Waals surface area contributed by atoms with Crippen molar-refractivity contribution in [3.8, 4) is 0 Å². The van der Waals surface area contributed by atoms with Gasteiger partial charge in [-0.1, -0.05) is 13.8 Å². The molecule has 0 saturated carbocycles. The molecule has 2 heterocycles. The van der Waals surface area contributed by atoms with Gasteiger partial charge in [0.2, 0.25) is 0 Å². The molecule has 3 nitrogen and oxygen atoms in total. The van der Waals surface area contributed by atoms with Gasteiger partial charge in [0.1, 0.15) is 11.4 Å². The maximum Gasteiger partial charge on any atom is 0.162 e. The van der Waals surface area contributed by atoms with Crippen molar-refractivity contribution in [3.05, 3.63) is 11.3 Å². The van der Waals surface area contributed by atoms with Gasteiger partial charge in [-0.2, -0.15) is 0 Å². The Labute approximate surface area is 103 Å². The molecule has 94 valence electrons. The number of hydrogen-bond donors (Lipinski definition) is 1. The zero-order chi connectivity index (χ0) is 12.1. The van der Waals surface area contributed by atoms with E-state index in [1.54, 1.807) is 0 Å². The Morgan fingerprint density at radius 3 is 2.53 bits per heavy atom. The minimum absolute atomic E-state index is 0.0496. The highest BCUT2D eigenvalue weighted by Crippen LogP contribution is 2.48.